The lowest BCUT2D eigenvalue weighted by Crippen LogP contribution is -2.43. The number of thioether (sulfide) groups is 1. The molecule has 3 heterocycles. The van der Waals surface area contributed by atoms with E-state index < -0.39 is 0 Å². The molecule has 0 amide bonds. The van der Waals surface area contributed by atoms with Crippen molar-refractivity contribution in [3.63, 3.8) is 0 Å². The smallest absolute Gasteiger partial charge is 0.0701 e. The Balaban J connectivity index is 1.67. The van der Waals surface area contributed by atoms with Crippen LogP contribution in [0.15, 0.2) is 18.5 Å². The Morgan fingerprint density at radius 1 is 1.42 bits per heavy atom. The van der Waals surface area contributed by atoms with E-state index in [1.165, 1.54) is 36.3 Å². The maximum absolute atomic E-state index is 6.14. The number of ether oxygens (including phenoxy) is 1. The van der Waals surface area contributed by atoms with Crippen LogP contribution in [0.4, 0.5) is 5.69 Å². The van der Waals surface area contributed by atoms with E-state index in [1.54, 1.807) is 6.20 Å². The van der Waals surface area contributed by atoms with Crippen molar-refractivity contribution in [1.82, 2.24) is 4.98 Å². The van der Waals surface area contributed by atoms with E-state index in [9.17, 15) is 0 Å². The standard InChI is InChI=1S/C15H22N2OS/c16-14-1-5-17-11-13(14)9-12-2-6-18-15(10-12)3-7-19-8-4-15/h1,5,11-12H,2-4,6-10H2,(H2,16,17). The summed E-state index contributed by atoms with van der Waals surface area (Å²) in [6, 6.07) is 1.90. The number of rotatable bonds is 2. The van der Waals surface area contributed by atoms with Gasteiger partial charge in [0.1, 0.15) is 0 Å². The number of hydrogen-bond acceptors (Lipinski definition) is 4. The molecule has 0 aromatic carbocycles. The number of nitrogen functional groups attached to an aromatic ring is 1. The first-order valence-corrected chi connectivity index (χ1v) is 8.33. The highest BCUT2D eigenvalue weighted by Crippen LogP contribution is 2.40. The molecule has 2 N–H and O–H groups in total. The third-order valence-electron chi connectivity index (χ3n) is 4.45. The molecule has 19 heavy (non-hydrogen) atoms. The molecule has 1 spiro atoms. The Morgan fingerprint density at radius 3 is 3.05 bits per heavy atom. The van der Waals surface area contributed by atoms with E-state index in [0.717, 1.165) is 25.1 Å². The molecule has 1 aromatic heterocycles. The summed E-state index contributed by atoms with van der Waals surface area (Å²) in [5, 5.41) is 0. The number of pyridine rings is 1. The topological polar surface area (TPSA) is 48.1 Å². The summed E-state index contributed by atoms with van der Waals surface area (Å²) < 4.78 is 6.14. The third-order valence-corrected chi connectivity index (χ3v) is 5.43. The van der Waals surface area contributed by atoms with Crippen LogP contribution in [-0.2, 0) is 11.2 Å². The molecule has 4 heteroatoms. The van der Waals surface area contributed by atoms with Gasteiger partial charge in [-0.3, -0.25) is 4.98 Å². The van der Waals surface area contributed by atoms with Gasteiger partial charge in [0.05, 0.1) is 5.60 Å². The molecular formula is C15H22N2OS. The zero-order valence-electron chi connectivity index (χ0n) is 11.3. The first kappa shape index (κ1) is 13.3. The minimum Gasteiger partial charge on any atom is -0.398 e. The predicted octanol–water partition coefficient (Wildman–Crippen LogP) is 2.90. The van der Waals surface area contributed by atoms with Crippen LogP contribution in [-0.4, -0.2) is 28.7 Å². The zero-order valence-corrected chi connectivity index (χ0v) is 12.1. The number of nitrogens with two attached hydrogens (primary N) is 1. The van der Waals surface area contributed by atoms with Crippen LogP contribution in [0.1, 0.15) is 31.2 Å². The summed E-state index contributed by atoms with van der Waals surface area (Å²) in [5.74, 6) is 3.20. The van der Waals surface area contributed by atoms with Crippen molar-refractivity contribution in [2.24, 2.45) is 5.92 Å². The number of nitrogens with zero attached hydrogens (tertiary/aromatic N) is 1. The average Bonchev–Trinajstić information content (AvgIpc) is 2.42. The Labute approximate surface area is 119 Å². The molecule has 2 saturated heterocycles. The molecule has 0 bridgehead atoms. The lowest BCUT2D eigenvalue weighted by Gasteiger charge is -2.43. The van der Waals surface area contributed by atoms with Crippen LogP contribution in [0, 0.1) is 5.92 Å². The van der Waals surface area contributed by atoms with Crippen molar-refractivity contribution in [2.75, 3.05) is 23.8 Å². The molecule has 0 saturated carbocycles. The Bertz CT molecular complexity index is 426. The van der Waals surface area contributed by atoms with Crippen LogP contribution in [0.5, 0.6) is 0 Å². The Hall–Kier alpha value is -0.740. The van der Waals surface area contributed by atoms with Crippen LogP contribution >= 0.6 is 11.8 Å². The molecule has 2 aliphatic rings. The van der Waals surface area contributed by atoms with Gasteiger partial charge in [0.15, 0.2) is 0 Å². The van der Waals surface area contributed by atoms with E-state index in [4.69, 9.17) is 10.5 Å². The number of anilines is 1. The van der Waals surface area contributed by atoms with E-state index >= 15 is 0 Å². The minimum atomic E-state index is 0.172. The molecule has 2 aliphatic heterocycles. The zero-order chi connectivity index (χ0) is 13.1. The van der Waals surface area contributed by atoms with Crippen LogP contribution < -0.4 is 5.73 Å². The first-order chi connectivity index (χ1) is 9.27. The van der Waals surface area contributed by atoms with Crippen molar-refractivity contribution in [3.8, 4) is 0 Å². The Kier molecular flexibility index (Phi) is 3.99. The molecule has 3 rings (SSSR count). The van der Waals surface area contributed by atoms with Crippen molar-refractivity contribution in [3.05, 3.63) is 24.0 Å². The van der Waals surface area contributed by atoms with Crippen LogP contribution in [0.2, 0.25) is 0 Å². The third kappa shape index (κ3) is 3.06. The second-order valence-electron chi connectivity index (χ2n) is 5.78. The van der Waals surface area contributed by atoms with E-state index in [2.05, 4.69) is 16.7 Å². The van der Waals surface area contributed by atoms with Crippen LogP contribution in [0.3, 0.4) is 0 Å². The van der Waals surface area contributed by atoms with Gasteiger partial charge < -0.3 is 10.5 Å². The summed E-state index contributed by atoms with van der Waals surface area (Å²) >= 11 is 2.06. The average molecular weight is 278 g/mol. The SMILES string of the molecule is Nc1ccncc1CC1CCOC2(CCSCC2)C1. The molecule has 2 fully saturated rings. The molecular weight excluding hydrogens is 256 g/mol. The van der Waals surface area contributed by atoms with Gasteiger partial charge >= 0.3 is 0 Å². The van der Waals surface area contributed by atoms with Gasteiger partial charge in [0, 0.05) is 24.7 Å². The molecule has 1 unspecified atom stereocenters. The van der Waals surface area contributed by atoms with Crippen molar-refractivity contribution in [2.45, 2.75) is 37.7 Å². The molecule has 3 nitrogen and oxygen atoms in total. The second-order valence-corrected chi connectivity index (χ2v) is 7.01. The normalized spacial score (nSPS) is 26.4. The van der Waals surface area contributed by atoms with Gasteiger partial charge in [0.25, 0.3) is 0 Å². The molecule has 0 radical (unpaired) electrons. The quantitative estimate of drug-likeness (QED) is 0.903. The van der Waals surface area contributed by atoms with Gasteiger partial charge in [-0.2, -0.15) is 11.8 Å². The summed E-state index contributed by atoms with van der Waals surface area (Å²) in [7, 11) is 0. The van der Waals surface area contributed by atoms with E-state index in [1.807, 2.05) is 12.3 Å². The second kappa shape index (κ2) is 5.71. The highest BCUT2D eigenvalue weighted by Gasteiger charge is 2.38. The van der Waals surface area contributed by atoms with Crippen molar-refractivity contribution >= 4 is 17.4 Å². The maximum Gasteiger partial charge on any atom is 0.0701 e. The fraction of sp³-hybridized carbons (Fsp3) is 0.667. The van der Waals surface area contributed by atoms with Gasteiger partial charge in [-0.25, -0.2) is 0 Å². The molecule has 1 aromatic rings. The Morgan fingerprint density at radius 2 is 2.26 bits per heavy atom. The lowest BCUT2D eigenvalue weighted by atomic mass is 9.79. The summed E-state index contributed by atoms with van der Waals surface area (Å²) in [6.45, 7) is 0.912. The molecule has 1 atom stereocenters. The van der Waals surface area contributed by atoms with Gasteiger partial charge in [0.2, 0.25) is 0 Å². The lowest BCUT2D eigenvalue weighted by molar-refractivity contribution is -0.102. The first-order valence-electron chi connectivity index (χ1n) is 7.17. The fourth-order valence-corrected chi connectivity index (χ4v) is 4.55. The minimum absolute atomic E-state index is 0.172. The summed E-state index contributed by atoms with van der Waals surface area (Å²) in [5.41, 5.74) is 8.29. The van der Waals surface area contributed by atoms with E-state index in [0.29, 0.717) is 5.92 Å². The monoisotopic (exact) mass is 278 g/mol. The molecule has 0 aliphatic carbocycles. The fourth-order valence-electron chi connectivity index (χ4n) is 3.31. The van der Waals surface area contributed by atoms with Gasteiger partial charge in [-0.05, 0) is 61.2 Å². The number of aromatic nitrogens is 1. The van der Waals surface area contributed by atoms with Crippen molar-refractivity contribution < 1.29 is 4.74 Å². The predicted molar refractivity (Wildman–Crippen MR) is 80.3 cm³/mol. The maximum atomic E-state index is 6.14. The highest BCUT2D eigenvalue weighted by atomic mass is 32.2. The summed E-state index contributed by atoms with van der Waals surface area (Å²) in [6.07, 6.45) is 9.54. The highest BCUT2D eigenvalue weighted by molar-refractivity contribution is 7.99. The van der Waals surface area contributed by atoms with Crippen molar-refractivity contribution in [1.29, 1.82) is 0 Å². The van der Waals surface area contributed by atoms with E-state index in [-0.39, 0.29) is 5.60 Å². The summed E-state index contributed by atoms with van der Waals surface area (Å²) in [4.78, 5) is 4.20. The van der Waals surface area contributed by atoms with Gasteiger partial charge in [-0.1, -0.05) is 0 Å². The molecule has 104 valence electrons. The largest absolute Gasteiger partial charge is 0.398 e. The number of hydrogen-bond donors (Lipinski definition) is 1. The van der Waals surface area contributed by atoms with Gasteiger partial charge in [-0.15, -0.1) is 0 Å². The van der Waals surface area contributed by atoms with Crippen LogP contribution in [0.25, 0.3) is 0 Å².